The van der Waals surface area contributed by atoms with Gasteiger partial charge in [0.1, 0.15) is 0 Å². The monoisotopic (exact) mass is 656 g/mol. The second-order valence-electron chi connectivity index (χ2n) is 11.6. The van der Waals surface area contributed by atoms with E-state index in [2.05, 4.69) is 107 Å². The smallest absolute Gasteiger partial charge is 0.00385 e. The molecule has 0 N–H and O–H groups in total. The van der Waals surface area contributed by atoms with Gasteiger partial charge in [0.05, 0.1) is 0 Å². The van der Waals surface area contributed by atoms with Crippen LogP contribution in [-0.2, 0) is 19.3 Å². The molecule has 0 nitrogen and oxygen atoms in total. The Morgan fingerprint density at radius 1 is 0.513 bits per heavy atom. The molecule has 0 saturated carbocycles. The molecule has 0 aliphatic carbocycles. The van der Waals surface area contributed by atoms with E-state index in [4.69, 9.17) is 0 Å². The maximum absolute atomic E-state index is 3.39. The Labute approximate surface area is 260 Å². The molecule has 3 aromatic rings. The molecule has 0 amide bonds. The van der Waals surface area contributed by atoms with Gasteiger partial charge in [-0.15, -0.1) is 33.2 Å². The van der Waals surface area contributed by atoms with Crippen molar-refractivity contribution in [3.05, 3.63) is 108 Å². The van der Waals surface area contributed by atoms with Gasteiger partial charge in [0.2, 0.25) is 0 Å². The Hall–Kier alpha value is -1.18. The summed E-state index contributed by atoms with van der Waals surface area (Å²) in [5.41, 5.74) is 4.38. The van der Waals surface area contributed by atoms with Gasteiger partial charge in [-0.3, -0.25) is 0 Å². The van der Waals surface area contributed by atoms with Crippen LogP contribution < -0.4 is 0 Å². The lowest BCUT2D eigenvalue weighted by Gasteiger charge is -2.39. The Balaban J connectivity index is 0.00000533. The van der Waals surface area contributed by atoms with Crippen LogP contribution in [0.5, 0.6) is 0 Å². The second-order valence-corrected chi connectivity index (χ2v) is 12.8. The third-order valence-corrected chi connectivity index (χ3v) is 9.18. The lowest BCUT2D eigenvalue weighted by atomic mass is 9.75. The number of hydrogen-bond acceptors (Lipinski definition) is 0. The predicted octanol–water partition coefficient (Wildman–Crippen LogP) is 11.7. The molecule has 0 fully saturated rings. The molecular weight excluding hydrogens is 602 g/mol. The van der Waals surface area contributed by atoms with E-state index in [1.807, 2.05) is 0 Å². The van der Waals surface area contributed by atoms with Gasteiger partial charge in [0.25, 0.3) is 0 Å². The summed E-state index contributed by atoms with van der Waals surface area (Å²) in [6, 6.07) is 33.5. The van der Waals surface area contributed by atoms with E-state index in [0.717, 1.165) is 19.3 Å². The van der Waals surface area contributed by atoms with Gasteiger partial charge in [0.15, 0.2) is 0 Å². The largest absolute Gasteiger partial charge is 0.130 e. The van der Waals surface area contributed by atoms with Gasteiger partial charge in [-0.1, -0.05) is 175 Å². The number of benzene rings is 3. The molecule has 0 heterocycles. The fourth-order valence-corrected chi connectivity index (χ4v) is 6.78. The van der Waals surface area contributed by atoms with E-state index >= 15 is 0 Å². The molecule has 2 atom stereocenters. The summed E-state index contributed by atoms with van der Waals surface area (Å²) in [6.07, 6.45) is 21.6. The van der Waals surface area contributed by atoms with E-state index in [0.29, 0.717) is 5.92 Å². The average molecular weight is 657 g/mol. The molecule has 2 unspecified atom stereocenters. The molecule has 3 rings (SSSR count). The van der Waals surface area contributed by atoms with Crippen molar-refractivity contribution >= 4 is 33.2 Å². The summed E-state index contributed by atoms with van der Waals surface area (Å²) in [4.78, 5) is 0. The van der Waals surface area contributed by atoms with Crippen molar-refractivity contribution in [1.82, 2.24) is 0 Å². The molecule has 214 valence electrons. The molecule has 0 saturated heterocycles. The molecule has 0 aromatic heterocycles. The van der Waals surface area contributed by atoms with Crippen LogP contribution >= 0.6 is 33.2 Å². The van der Waals surface area contributed by atoms with E-state index in [9.17, 15) is 0 Å². The zero-order valence-corrected chi connectivity index (χ0v) is 28.0. The zero-order chi connectivity index (χ0) is 26.7. The van der Waals surface area contributed by atoms with Crippen molar-refractivity contribution in [3.63, 3.8) is 0 Å². The predicted molar refractivity (Wildman–Crippen MR) is 187 cm³/mol. The van der Waals surface area contributed by atoms with Gasteiger partial charge in [-0.2, -0.15) is 0 Å². The van der Waals surface area contributed by atoms with Crippen molar-refractivity contribution in [2.75, 3.05) is 0 Å². The minimum Gasteiger partial charge on any atom is -0.130 e. The van der Waals surface area contributed by atoms with Crippen LogP contribution in [0, 0.1) is 5.92 Å². The summed E-state index contributed by atoms with van der Waals surface area (Å²) in [5, 5.41) is 0.135. The summed E-state index contributed by atoms with van der Waals surface area (Å²) in [6.45, 7) is 2.30. The SMILES string of the molecule is CCCCCCCCCCCCCCC(Cc1ccccc1)C(P)(Cc1ccccc1)Cc1ccccc1.I. The van der Waals surface area contributed by atoms with E-state index < -0.39 is 0 Å². The summed E-state index contributed by atoms with van der Waals surface area (Å²) in [5.74, 6) is 0.624. The molecule has 0 spiro atoms. The fourth-order valence-electron chi connectivity index (χ4n) is 6.03. The highest BCUT2D eigenvalue weighted by molar-refractivity contribution is 14.0. The van der Waals surface area contributed by atoms with Gasteiger partial charge >= 0.3 is 0 Å². The maximum atomic E-state index is 3.39. The molecule has 2 heteroatoms. The number of unbranched alkanes of at least 4 members (excludes halogenated alkanes) is 11. The third-order valence-electron chi connectivity index (χ3n) is 8.30. The van der Waals surface area contributed by atoms with Crippen molar-refractivity contribution < 1.29 is 0 Å². The summed E-state index contributed by atoms with van der Waals surface area (Å²) >= 11 is 0. The fraction of sp³-hybridized carbons (Fsp3) is 0.514. The number of halogens is 1. The topological polar surface area (TPSA) is 0 Å². The molecular formula is C37H54IP. The minimum atomic E-state index is 0. The van der Waals surface area contributed by atoms with Gasteiger partial charge in [-0.05, 0) is 53.4 Å². The lowest BCUT2D eigenvalue weighted by molar-refractivity contribution is 0.330. The Kier molecular flexibility index (Phi) is 18.0. The van der Waals surface area contributed by atoms with E-state index in [1.165, 1.54) is 100 Å². The normalized spacial score (nSPS) is 12.2. The van der Waals surface area contributed by atoms with Crippen LogP contribution in [-0.4, -0.2) is 5.16 Å². The standard InChI is InChI=1S/C37H53P.HI/c1-2-3-4-5-6-7-8-9-10-11-12-22-29-36(30-33-23-16-13-17-24-33)37(38,31-34-25-18-14-19-26-34)32-35-27-20-15-21-28-35;/h13-21,23-28,36H,2-12,22,29-32,38H2,1H3;1H. The quantitative estimate of drug-likeness (QED) is 0.0645. The highest BCUT2D eigenvalue weighted by Gasteiger charge is 2.34. The molecule has 0 aliphatic heterocycles. The molecule has 39 heavy (non-hydrogen) atoms. The second kappa shape index (κ2) is 20.7. The van der Waals surface area contributed by atoms with Crippen LogP contribution in [0.15, 0.2) is 91.0 Å². The average Bonchev–Trinajstić information content (AvgIpc) is 2.94. The van der Waals surface area contributed by atoms with Crippen molar-refractivity contribution in [2.45, 2.75) is 115 Å². The Morgan fingerprint density at radius 2 is 0.872 bits per heavy atom. The van der Waals surface area contributed by atoms with Crippen molar-refractivity contribution in [2.24, 2.45) is 5.92 Å². The maximum Gasteiger partial charge on any atom is -0.00385 e. The summed E-state index contributed by atoms with van der Waals surface area (Å²) < 4.78 is 0. The molecule has 0 radical (unpaired) electrons. The molecule has 0 aliphatic rings. The van der Waals surface area contributed by atoms with Crippen LogP contribution in [0.3, 0.4) is 0 Å². The zero-order valence-electron chi connectivity index (χ0n) is 24.5. The number of hydrogen-bond donors (Lipinski definition) is 0. The van der Waals surface area contributed by atoms with Crippen LogP contribution in [0.4, 0.5) is 0 Å². The van der Waals surface area contributed by atoms with Gasteiger partial charge < -0.3 is 0 Å². The first-order valence-corrected chi connectivity index (χ1v) is 16.2. The van der Waals surface area contributed by atoms with E-state index in [-0.39, 0.29) is 29.1 Å². The van der Waals surface area contributed by atoms with Gasteiger partial charge in [0, 0.05) is 0 Å². The Bertz CT molecular complexity index is 915. The lowest BCUT2D eigenvalue weighted by Crippen LogP contribution is -2.38. The van der Waals surface area contributed by atoms with E-state index in [1.54, 1.807) is 0 Å². The van der Waals surface area contributed by atoms with Gasteiger partial charge in [-0.25, -0.2) is 0 Å². The molecule has 0 bridgehead atoms. The first kappa shape index (κ1) is 34.0. The highest BCUT2D eigenvalue weighted by Crippen LogP contribution is 2.40. The third kappa shape index (κ3) is 13.8. The first-order valence-electron chi connectivity index (χ1n) is 15.6. The minimum absolute atomic E-state index is 0. The number of rotatable bonds is 20. The highest BCUT2D eigenvalue weighted by atomic mass is 127. The van der Waals surface area contributed by atoms with Crippen LogP contribution in [0.1, 0.15) is 107 Å². The van der Waals surface area contributed by atoms with Crippen molar-refractivity contribution in [3.8, 4) is 0 Å². The van der Waals surface area contributed by atoms with Crippen LogP contribution in [0.25, 0.3) is 0 Å². The molecule has 3 aromatic carbocycles. The van der Waals surface area contributed by atoms with Crippen LogP contribution in [0.2, 0.25) is 0 Å². The van der Waals surface area contributed by atoms with Crippen molar-refractivity contribution in [1.29, 1.82) is 0 Å². The first-order chi connectivity index (χ1) is 18.7. The summed E-state index contributed by atoms with van der Waals surface area (Å²) in [7, 11) is 3.39. The Morgan fingerprint density at radius 3 is 1.28 bits per heavy atom.